The maximum Gasteiger partial charge on any atom is 0.278 e. The van der Waals surface area contributed by atoms with Crippen molar-refractivity contribution in [3.05, 3.63) is 42.0 Å². The Balaban J connectivity index is 1.57. The van der Waals surface area contributed by atoms with E-state index in [2.05, 4.69) is 25.7 Å². The molecule has 0 bridgehead atoms. The first-order valence-electron chi connectivity index (χ1n) is 9.06. The average molecular weight is 395 g/mol. The molecule has 1 aliphatic heterocycles. The van der Waals surface area contributed by atoms with Crippen LogP contribution in [0.5, 0.6) is 5.75 Å². The molecule has 29 heavy (non-hydrogen) atoms. The van der Waals surface area contributed by atoms with E-state index >= 15 is 0 Å². The lowest BCUT2D eigenvalue weighted by Crippen LogP contribution is -2.30. The Hall–Kier alpha value is -3.53. The number of rotatable bonds is 6. The van der Waals surface area contributed by atoms with Crippen LogP contribution in [-0.2, 0) is 24.8 Å². The number of amides is 1. The quantitative estimate of drug-likeness (QED) is 0.675. The molecule has 1 N–H and O–H groups in total. The molecule has 2 aromatic heterocycles. The van der Waals surface area contributed by atoms with Crippen molar-refractivity contribution in [2.75, 3.05) is 20.8 Å². The lowest BCUT2D eigenvalue weighted by atomic mass is 10.0. The molecule has 4 rings (SSSR count). The predicted molar refractivity (Wildman–Crippen MR) is 105 cm³/mol. The number of ether oxygens (including phenoxy) is 2. The number of aryl methyl sites for hydroxylation is 1. The molecule has 1 aliphatic rings. The van der Waals surface area contributed by atoms with E-state index in [1.54, 1.807) is 36.0 Å². The summed E-state index contributed by atoms with van der Waals surface area (Å²) in [5, 5.41) is 14.9. The van der Waals surface area contributed by atoms with Gasteiger partial charge in [0, 0.05) is 43.5 Å². The van der Waals surface area contributed by atoms with Gasteiger partial charge in [-0.1, -0.05) is 5.21 Å². The molecule has 0 spiro atoms. The number of benzene rings is 1. The molecular weight excluding hydrogens is 374 g/mol. The van der Waals surface area contributed by atoms with Gasteiger partial charge in [0.25, 0.3) is 5.91 Å². The van der Waals surface area contributed by atoms with E-state index in [4.69, 9.17) is 9.47 Å². The molecule has 10 nitrogen and oxygen atoms in total. The predicted octanol–water partition coefficient (Wildman–Crippen LogP) is 1.35. The minimum Gasteiger partial charge on any atom is -0.496 e. The minimum absolute atomic E-state index is 0.221. The van der Waals surface area contributed by atoms with E-state index in [0.29, 0.717) is 25.4 Å². The molecule has 1 aromatic carbocycles. The number of aromatic nitrogens is 5. The summed E-state index contributed by atoms with van der Waals surface area (Å²) in [5.41, 5.74) is 3.80. The second-order valence-corrected chi connectivity index (χ2v) is 6.59. The Bertz CT molecular complexity index is 1080. The van der Waals surface area contributed by atoms with Crippen LogP contribution in [0, 0.1) is 0 Å². The topological polar surface area (TPSA) is 108 Å². The van der Waals surface area contributed by atoms with Gasteiger partial charge < -0.3 is 14.8 Å². The highest BCUT2D eigenvalue weighted by Gasteiger charge is 2.25. The van der Waals surface area contributed by atoms with Gasteiger partial charge in [-0.2, -0.15) is 5.10 Å². The normalized spacial score (nSPS) is 12.6. The molecule has 3 aromatic rings. The number of carbonyl (C=O) groups is 1. The third-order valence-electron chi connectivity index (χ3n) is 4.62. The van der Waals surface area contributed by atoms with Crippen molar-refractivity contribution in [1.82, 2.24) is 30.1 Å². The third kappa shape index (κ3) is 3.74. The van der Waals surface area contributed by atoms with Crippen LogP contribution in [-0.4, -0.2) is 57.3 Å². The minimum atomic E-state index is -0.359. The van der Waals surface area contributed by atoms with Gasteiger partial charge >= 0.3 is 0 Å². The van der Waals surface area contributed by atoms with Crippen LogP contribution < -0.4 is 10.1 Å². The fourth-order valence-electron chi connectivity index (χ4n) is 3.21. The highest BCUT2D eigenvalue weighted by Crippen LogP contribution is 2.41. The monoisotopic (exact) mass is 395 g/mol. The molecule has 0 atom stereocenters. The maximum absolute atomic E-state index is 12.6. The van der Waals surface area contributed by atoms with Gasteiger partial charge in [0.1, 0.15) is 11.6 Å². The molecule has 0 aliphatic carbocycles. The summed E-state index contributed by atoms with van der Waals surface area (Å²) in [4.78, 5) is 17.2. The summed E-state index contributed by atoms with van der Waals surface area (Å²) < 4.78 is 13.8. The van der Waals surface area contributed by atoms with Crippen molar-refractivity contribution in [2.24, 2.45) is 12.0 Å². The van der Waals surface area contributed by atoms with E-state index in [1.807, 2.05) is 25.4 Å². The van der Waals surface area contributed by atoms with Gasteiger partial charge in [-0.15, -0.1) is 5.10 Å². The molecule has 0 fully saturated rings. The Kier molecular flexibility index (Phi) is 5.09. The highest BCUT2D eigenvalue weighted by atomic mass is 16.5. The second-order valence-electron chi connectivity index (χ2n) is 6.59. The number of carbonyl (C=O) groups excluding carboxylic acids is 1. The van der Waals surface area contributed by atoms with Crippen LogP contribution in [0.1, 0.15) is 16.1 Å². The van der Waals surface area contributed by atoms with Crippen LogP contribution in [0.3, 0.4) is 0 Å². The van der Waals surface area contributed by atoms with E-state index in [9.17, 15) is 4.79 Å². The van der Waals surface area contributed by atoms with Crippen LogP contribution in [0.4, 0.5) is 5.69 Å². The second kappa shape index (κ2) is 7.84. The Morgan fingerprint density at radius 1 is 1.28 bits per heavy atom. The largest absolute Gasteiger partial charge is 0.496 e. The number of nitrogens with zero attached hydrogens (tertiary/aromatic N) is 6. The van der Waals surface area contributed by atoms with Crippen molar-refractivity contribution in [3.63, 3.8) is 0 Å². The van der Waals surface area contributed by atoms with Crippen LogP contribution in [0.15, 0.2) is 35.7 Å². The molecule has 10 heteroatoms. The van der Waals surface area contributed by atoms with Crippen molar-refractivity contribution < 1.29 is 14.3 Å². The summed E-state index contributed by atoms with van der Waals surface area (Å²) in [6.45, 7) is 1.01. The molecule has 1 amide bonds. The maximum atomic E-state index is 12.6. The highest BCUT2D eigenvalue weighted by molar-refractivity contribution is 6.09. The Morgan fingerprint density at radius 2 is 2.14 bits per heavy atom. The molecule has 150 valence electrons. The molecule has 3 heterocycles. The van der Waals surface area contributed by atoms with E-state index in [0.717, 1.165) is 28.1 Å². The zero-order valence-electron chi connectivity index (χ0n) is 16.4. The van der Waals surface area contributed by atoms with Gasteiger partial charge in [0.15, 0.2) is 5.69 Å². The Labute approximate surface area is 167 Å². The number of nitrogens with one attached hydrogen (secondary N) is 1. The zero-order chi connectivity index (χ0) is 20.4. The van der Waals surface area contributed by atoms with Gasteiger partial charge in [0.05, 0.1) is 38.3 Å². The fourth-order valence-corrected chi connectivity index (χ4v) is 3.21. The molecule has 0 unspecified atom stereocenters. The number of methoxy groups -OCH3 is 2. The SMILES string of the molecule is COCCn1cc(C(=O)NC2=Nc3c(-c4cnn(C)c4)ccc(OC)c3C2)nn1. The molecule has 0 saturated heterocycles. The molecule has 0 radical (unpaired) electrons. The van der Waals surface area contributed by atoms with Crippen LogP contribution >= 0.6 is 0 Å². The van der Waals surface area contributed by atoms with Gasteiger partial charge in [-0.25, -0.2) is 9.67 Å². The van der Waals surface area contributed by atoms with E-state index < -0.39 is 0 Å². The number of hydrogen-bond acceptors (Lipinski definition) is 7. The fraction of sp³-hybridized carbons (Fsp3) is 0.316. The molecule has 0 saturated carbocycles. The van der Waals surface area contributed by atoms with Crippen LogP contribution in [0.25, 0.3) is 11.1 Å². The van der Waals surface area contributed by atoms with Crippen molar-refractivity contribution in [1.29, 1.82) is 0 Å². The summed E-state index contributed by atoms with van der Waals surface area (Å²) in [5.74, 6) is 0.902. The molecular formula is C19H21N7O3. The average Bonchev–Trinajstić information content (AvgIpc) is 3.44. The lowest BCUT2D eigenvalue weighted by Gasteiger charge is -2.09. The van der Waals surface area contributed by atoms with Crippen molar-refractivity contribution in [2.45, 2.75) is 13.0 Å². The van der Waals surface area contributed by atoms with Gasteiger partial charge in [-0.3, -0.25) is 9.48 Å². The van der Waals surface area contributed by atoms with Crippen LogP contribution in [0.2, 0.25) is 0 Å². The van der Waals surface area contributed by atoms with Gasteiger partial charge in [0.2, 0.25) is 0 Å². The number of amidine groups is 1. The summed E-state index contributed by atoms with van der Waals surface area (Å²) >= 11 is 0. The van der Waals surface area contributed by atoms with E-state index in [-0.39, 0.29) is 11.6 Å². The number of aliphatic imine (C=N–C) groups is 1. The Morgan fingerprint density at radius 3 is 2.86 bits per heavy atom. The number of fused-ring (bicyclic) bond motifs is 1. The van der Waals surface area contributed by atoms with Crippen molar-refractivity contribution >= 4 is 17.4 Å². The summed E-state index contributed by atoms with van der Waals surface area (Å²) in [6.07, 6.45) is 5.74. The zero-order valence-corrected chi connectivity index (χ0v) is 16.4. The summed E-state index contributed by atoms with van der Waals surface area (Å²) in [6, 6.07) is 3.85. The standard InChI is InChI=1S/C19H21N7O3/c1-25-10-12(9-20-25)13-4-5-16(29-3)14-8-17(21-18(13)14)22-19(27)15-11-26(24-23-15)6-7-28-2/h4-5,9-11H,6-8H2,1-3H3,(H,21,22,27). The smallest absolute Gasteiger partial charge is 0.278 e. The lowest BCUT2D eigenvalue weighted by molar-refractivity contribution is 0.0971. The number of hydrogen-bond donors (Lipinski definition) is 1. The van der Waals surface area contributed by atoms with Gasteiger partial charge in [-0.05, 0) is 12.1 Å². The third-order valence-corrected chi connectivity index (χ3v) is 4.62. The van der Waals surface area contributed by atoms with E-state index in [1.165, 1.54) is 0 Å². The first kappa shape index (κ1) is 18.8. The van der Waals surface area contributed by atoms with Crippen molar-refractivity contribution in [3.8, 4) is 16.9 Å². The first-order valence-corrected chi connectivity index (χ1v) is 9.06. The first-order chi connectivity index (χ1) is 14.1. The summed E-state index contributed by atoms with van der Waals surface area (Å²) in [7, 11) is 5.09.